The molecule has 0 aliphatic carbocycles. The predicted molar refractivity (Wildman–Crippen MR) is 75.4 cm³/mol. The van der Waals surface area contributed by atoms with E-state index in [1.54, 1.807) is 24.5 Å². The number of furan rings is 1. The summed E-state index contributed by atoms with van der Waals surface area (Å²) in [7, 11) is 0. The summed E-state index contributed by atoms with van der Waals surface area (Å²) < 4.78 is 7.05. The van der Waals surface area contributed by atoms with Gasteiger partial charge in [-0.25, -0.2) is 0 Å². The van der Waals surface area contributed by atoms with Crippen LogP contribution >= 0.6 is 0 Å². The van der Waals surface area contributed by atoms with Crippen LogP contribution in [0.15, 0.2) is 41.1 Å². The van der Waals surface area contributed by atoms with Gasteiger partial charge in [0.05, 0.1) is 18.5 Å². The third-order valence-corrected chi connectivity index (χ3v) is 3.05. The van der Waals surface area contributed by atoms with Crippen LogP contribution in [0.3, 0.4) is 0 Å². The van der Waals surface area contributed by atoms with Crippen molar-refractivity contribution in [3.63, 3.8) is 0 Å². The molecular formula is C14H15N5O2. The second kappa shape index (κ2) is 5.66. The SMILES string of the molecule is CCn1ccc(CNC(=O)c2cc(-c3ccco3)[nH]n2)n1. The molecule has 0 aliphatic rings. The first-order valence-electron chi connectivity index (χ1n) is 6.66. The second-order valence-electron chi connectivity index (χ2n) is 4.49. The number of H-pyrrole nitrogens is 1. The van der Waals surface area contributed by atoms with Gasteiger partial charge in [0.15, 0.2) is 11.5 Å². The Bertz CT molecular complexity index is 726. The molecule has 21 heavy (non-hydrogen) atoms. The van der Waals surface area contributed by atoms with Gasteiger partial charge in [0.2, 0.25) is 0 Å². The maximum absolute atomic E-state index is 12.0. The van der Waals surface area contributed by atoms with Crippen molar-refractivity contribution >= 4 is 5.91 Å². The van der Waals surface area contributed by atoms with Crippen LogP contribution in [-0.2, 0) is 13.1 Å². The molecular weight excluding hydrogens is 270 g/mol. The predicted octanol–water partition coefficient (Wildman–Crippen LogP) is 1.82. The zero-order chi connectivity index (χ0) is 14.7. The number of nitrogens with zero attached hydrogens (tertiary/aromatic N) is 3. The first kappa shape index (κ1) is 13.2. The van der Waals surface area contributed by atoms with Crippen molar-refractivity contribution in [1.82, 2.24) is 25.3 Å². The third kappa shape index (κ3) is 2.86. The van der Waals surface area contributed by atoms with Crippen molar-refractivity contribution in [3.05, 3.63) is 48.1 Å². The van der Waals surface area contributed by atoms with Crippen LogP contribution in [0.1, 0.15) is 23.1 Å². The minimum atomic E-state index is -0.255. The number of aromatic amines is 1. The van der Waals surface area contributed by atoms with E-state index in [2.05, 4.69) is 20.6 Å². The molecule has 7 heteroatoms. The molecule has 0 bridgehead atoms. The number of carbonyl (C=O) groups excluding carboxylic acids is 1. The lowest BCUT2D eigenvalue weighted by Gasteiger charge is -1.99. The highest BCUT2D eigenvalue weighted by Crippen LogP contribution is 2.17. The Hall–Kier alpha value is -2.83. The molecule has 7 nitrogen and oxygen atoms in total. The molecule has 0 aromatic carbocycles. The molecule has 3 aromatic heterocycles. The van der Waals surface area contributed by atoms with Gasteiger partial charge in [-0.2, -0.15) is 10.2 Å². The molecule has 0 radical (unpaired) electrons. The van der Waals surface area contributed by atoms with Gasteiger partial charge in [-0.05, 0) is 25.1 Å². The number of hydrogen-bond acceptors (Lipinski definition) is 4. The summed E-state index contributed by atoms with van der Waals surface area (Å²) in [6.45, 7) is 3.18. The average molecular weight is 285 g/mol. The van der Waals surface area contributed by atoms with Gasteiger partial charge in [0, 0.05) is 18.8 Å². The van der Waals surface area contributed by atoms with Gasteiger partial charge < -0.3 is 9.73 Å². The molecule has 3 heterocycles. The third-order valence-electron chi connectivity index (χ3n) is 3.05. The van der Waals surface area contributed by atoms with Crippen molar-refractivity contribution in [3.8, 4) is 11.5 Å². The summed E-state index contributed by atoms with van der Waals surface area (Å²) in [4.78, 5) is 12.0. The summed E-state index contributed by atoms with van der Waals surface area (Å²) in [6, 6.07) is 7.11. The van der Waals surface area contributed by atoms with E-state index in [1.807, 2.05) is 23.9 Å². The van der Waals surface area contributed by atoms with Gasteiger partial charge in [-0.15, -0.1) is 0 Å². The molecule has 0 unspecified atom stereocenters. The molecule has 108 valence electrons. The van der Waals surface area contributed by atoms with E-state index in [0.29, 0.717) is 23.7 Å². The van der Waals surface area contributed by atoms with Crippen LogP contribution in [0.4, 0.5) is 0 Å². The zero-order valence-corrected chi connectivity index (χ0v) is 11.5. The minimum absolute atomic E-state index is 0.255. The minimum Gasteiger partial charge on any atom is -0.463 e. The fourth-order valence-electron chi connectivity index (χ4n) is 1.93. The number of aromatic nitrogens is 4. The lowest BCUT2D eigenvalue weighted by atomic mass is 10.3. The Morgan fingerprint density at radius 3 is 3.10 bits per heavy atom. The highest BCUT2D eigenvalue weighted by molar-refractivity contribution is 5.93. The molecule has 3 aromatic rings. The zero-order valence-electron chi connectivity index (χ0n) is 11.5. The quantitative estimate of drug-likeness (QED) is 0.748. The number of rotatable bonds is 5. The van der Waals surface area contributed by atoms with Crippen molar-refractivity contribution in [1.29, 1.82) is 0 Å². The fraction of sp³-hybridized carbons (Fsp3) is 0.214. The number of nitrogens with one attached hydrogen (secondary N) is 2. The maximum atomic E-state index is 12.0. The maximum Gasteiger partial charge on any atom is 0.272 e. The first-order chi connectivity index (χ1) is 10.3. The highest BCUT2D eigenvalue weighted by atomic mass is 16.3. The molecule has 0 fully saturated rings. The van der Waals surface area contributed by atoms with Crippen molar-refractivity contribution < 1.29 is 9.21 Å². The summed E-state index contributed by atoms with van der Waals surface area (Å²) >= 11 is 0. The molecule has 0 spiro atoms. The Kier molecular flexibility index (Phi) is 3.55. The second-order valence-corrected chi connectivity index (χ2v) is 4.49. The van der Waals surface area contributed by atoms with Crippen LogP contribution in [0.5, 0.6) is 0 Å². The molecule has 3 rings (SSSR count). The number of hydrogen-bond donors (Lipinski definition) is 2. The van der Waals surface area contributed by atoms with Crippen molar-refractivity contribution in [2.45, 2.75) is 20.0 Å². The van der Waals surface area contributed by atoms with Gasteiger partial charge >= 0.3 is 0 Å². The molecule has 0 saturated heterocycles. The number of aryl methyl sites for hydroxylation is 1. The molecule has 0 atom stereocenters. The number of carbonyl (C=O) groups is 1. The largest absolute Gasteiger partial charge is 0.463 e. The van der Waals surface area contributed by atoms with Gasteiger partial charge in [0.1, 0.15) is 5.69 Å². The summed E-state index contributed by atoms with van der Waals surface area (Å²) in [5.74, 6) is 0.387. The van der Waals surface area contributed by atoms with E-state index in [-0.39, 0.29) is 5.91 Å². The van der Waals surface area contributed by atoms with Gasteiger partial charge in [-0.1, -0.05) is 0 Å². The normalized spacial score (nSPS) is 10.7. The number of amides is 1. The van der Waals surface area contributed by atoms with E-state index in [9.17, 15) is 4.79 Å². The van der Waals surface area contributed by atoms with Crippen LogP contribution < -0.4 is 5.32 Å². The van der Waals surface area contributed by atoms with Gasteiger partial charge in [0.25, 0.3) is 5.91 Å². The standard InChI is InChI=1S/C14H15N5O2/c1-2-19-6-5-10(18-19)9-15-14(20)12-8-11(16-17-12)13-4-3-7-21-13/h3-8H,2,9H2,1H3,(H,15,20)(H,16,17). The Balaban J connectivity index is 1.63. The lowest BCUT2D eigenvalue weighted by molar-refractivity contribution is 0.0945. The monoisotopic (exact) mass is 285 g/mol. The van der Waals surface area contributed by atoms with Crippen LogP contribution in [0, 0.1) is 0 Å². The van der Waals surface area contributed by atoms with Crippen molar-refractivity contribution in [2.75, 3.05) is 0 Å². The van der Waals surface area contributed by atoms with E-state index in [0.717, 1.165) is 12.2 Å². The van der Waals surface area contributed by atoms with E-state index in [4.69, 9.17) is 4.42 Å². The average Bonchev–Trinajstić information content (AvgIpc) is 3.24. The molecule has 2 N–H and O–H groups in total. The molecule has 0 saturated carbocycles. The van der Waals surface area contributed by atoms with E-state index in [1.165, 1.54) is 0 Å². The molecule has 1 amide bonds. The Labute approximate surface area is 121 Å². The topological polar surface area (TPSA) is 88.7 Å². The van der Waals surface area contributed by atoms with E-state index < -0.39 is 0 Å². The van der Waals surface area contributed by atoms with Gasteiger partial charge in [-0.3, -0.25) is 14.6 Å². The summed E-state index contributed by atoms with van der Waals surface area (Å²) in [6.07, 6.45) is 3.45. The Morgan fingerprint density at radius 2 is 2.38 bits per heavy atom. The summed E-state index contributed by atoms with van der Waals surface area (Å²) in [5, 5.41) is 13.8. The van der Waals surface area contributed by atoms with Crippen molar-refractivity contribution in [2.24, 2.45) is 0 Å². The van der Waals surface area contributed by atoms with Crippen LogP contribution in [0.2, 0.25) is 0 Å². The first-order valence-corrected chi connectivity index (χ1v) is 6.66. The smallest absolute Gasteiger partial charge is 0.272 e. The van der Waals surface area contributed by atoms with E-state index >= 15 is 0 Å². The Morgan fingerprint density at radius 1 is 1.48 bits per heavy atom. The fourth-order valence-corrected chi connectivity index (χ4v) is 1.93. The van der Waals surface area contributed by atoms with Crippen LogP contribution in [-0.4, -0.2) is 25.9 Å². The van der Waals surface area contributed by atoms with Crippen LogP contribution in [0.25, 0.3) is 11.5 Å². The summed E-state index contributed by atoms with van der Waals surface area (Å²) in [5.41, 5.74) is 1.80. The highest BCUT2D eigenvalue weighted by Gasteiger charge is 2.12. The lowest BCUT2D eigenvalue weighted by Crippen LogP contribution is -2.23. The molecule has 0 aliphatic heterocycles.